The maximum Gasteiger partial charge on any atom is 0.249 e. The summed E-state index contributed by atoms with van der Waals surface area (Å²) in [5.74, 6) is 0.923. The Morgan fingerprint density at radius 1 is 1.04 bits per heavy atom. The second kappa shape index (κ2) is 7.21. The van der Waals surface area contributed by atoms with Gasteiger partial charge in [0.05, 0.1) is 21.9 Å². The molecule has 0 radical (unpaired) electrons. The number of aromatic nitrogens is 4. The van der Waals surface area contributed by atoms with Gasteiger partial charge in [0.15, 0.2) is 5.82 Å². The second-order valence-electron chi connectivity index (χ2n) is 4.60. The van der Waals surface area contributed by atoms with E-state index >= 15 is 0 Å². The second-order valence-corrected chi connectivity index (χ2v) is 5.39. The van der Waals surface area contributed by atoms with Gasteiger partial charge in [0.25, 0.3) is 0 Å². The Bertz CT molecular complexity index is 797. The molecule has 0 aliphatic heterocycles. The van der Waals surface area contributed by atoms with Crippen molar-refractivity contribution in [3.63, 3.8) is 0 Å². The van der Waals surface area contributed by atoms with Gasteiger partial charge in [-0.3, -0.25) is 4.98 Å². The Hall–Kier alpha value is -2.44. The van der Waals surface area contributed by atoms with Crippen LogP contribution in [0.3, 0.4) is 0 Å². The molecule has 23 heavy (non-hydrogen) atoms. The third-order valence-electron chi connectivity index (χ3n) is 2.98. The van der Waals surface area contributed by atoms with E-state index in [0.717, 1.165) is 5.56 Å². The monoisotopic (exact) mass is 346 g/mol. The highest BCUT2D eigenvalue weighted by Crippen LogP contribution is 2.30. The number of hydrogen-bond donors (Lipinski definition) is 2. The van der Waals surface area contributed by atoms with Crippen molar-refractivity contribution in [1.82, 2.24) is 20.2 Å². The Morgan fingerprint density at radius 3 is 2.70 bits per heavy atom. The molecule has 3 rings (SSSR count). The molecule has 0 atom stereocenters. The molecule has 2 heterocycles. The lowest BCUT2D eigenvalue weighted by atomic mass is 10.3. The Labute approximate surface area is 142 Å². The third kappa shape index (κ3) is 4.06. The first-order valence-electron chi connectivity index (χ1n) is 6.76. The third-order valence-corrected chi connectivity index (χ3v) is 3.80. The van der Waals surface area contributed by atoms with Crippen LogP contribution in [0, 0.1) is 0 Å². The fraction of sp³-hybridized carbons (Fsp3) is 0.0667. The molecular formula is C15H12Cl2N6. The maximum atomic E-state index is 6.13. The zero-order valence-corrected chi connectivity index (χ0v) is 13.4. The number of hydrogen-bond acceptors (Lipinski definition) is 6. The fourth-order valence-electron chi connectivity index (χ4n) is 1.86. The quantitative estimate of drug-likeness (QED) is 0.728. The summed E-state index contributed by atoms with van der Waals surface area (Å²) in [6.45, 7) is 0.610. The average Bonchev–Trinajstić information content (AvgIpc) is 2.59. The van der Waals surface area contributed by atoms with E-state index < -0.39 is 0 Å². The molecule has 1 aromatic carbocycles. The molecule has 0 spiro atoms. The number of pyridine rings is 1. The van der Waals surface area contributed by atoms with Crippen molar-refractivity contribution >= 4 is 40.7 Å². The van der Waals surface area contributed by atoms with Crippen LogP contribution in [0.4, 0.5) is 17.5 Å². The highest BCUT2D eigenvalue weighted by atomic mass is 35.5. The van der Waals surface area contributed by atoms with Crippen LogP contribution >= 0.6 is 23.2 Å². The van der Waals surface area contributed by atoms with Gasteiger partial charge in [-0.2, -0.15) is 10.1 Å². The molecule has 0 saturated carbocycles. The lowest BCUT2D eigenvalue weighted by Gasteiger charge is -2.09. The van der Waals surface area contributed by atoms with E-state index in [1.165, 1.54) is 0 Å². The van der Waals surface area contributed by atoms with Crippen LogP contribution < -0.4 is 10.6 Å². The van der Waals surface area contributed by atoms with E-state index in [1.807, 2.05) is 12.1 Å². The van der Waals surface area contributed by atoms with Gasteiger partial charge in [0, 0.05) is 18.9 Å². The van der Waals surface area contributed by atoms with Crippen molar-refractivity contribution in [1.29, 1.82) is 0 Å². The van der Waals surface area contributed by atoms with E-state index in [2.05, 4.69) is 30.8 Å². The normalized spacial score (nSPS) is 10.3. The summed E-state index contributed by atoms with van der Waals surface area (Å²) in [6, 6.07) is 9.13. The molecule has 0 fully saturated rings. The molecule has 3 aromatic rings. The van der Waals surface area contributed by atoms with Crippen LogP contribution in [-0.2, 0) is 6.54 Å². The van der Waals surface area contributed by atoms with Gasteiger partial charge < -0.3 is 10.6 Å². The number of halogens is 2. The van der Waals surface area contributed by atoms with Crippen molar-refractivity contribution in [3.05, 3.63) is 64.5 Å². The van der Waals surface area contributed by atoms with Crippen molar-refractivity contribution in [3.8, 4) is 0 Å². The lowest BCUT2D eigenvalue weighted by Crippen LogP contribution is -2.05. The van der Waals surface area contributed by atoms with Gasteiger partial charge in [0.1, 0.15) is 0 Å². The van der Waals surface area contributed by atoms with Crippen molar-refractivity contribution in [2.24, 2.45) is 0 Å². The molecule has 0 bridgehead atoms. The summed E-state index contributed by atoms with van der Waals surface area (Å²) in [4.78, 5) is 8.32. The van der Waals surface area contributed by atoms with E-state index in [4.69, 9.17) is 23.2 Å². The molecule has 0 aliphatic rings. The molecule has 0 unspecified atom stereocenters. The molecule has 116 valence electrons. The van der Waals surface area contributed by atoms with E-state index in [0.29, 0.717) is 34.0 Å². The first-order chi connectivity index (χ1) is 11.2. The van der Waals surface area contributed by atoms with Crippen LogP contribution in [0.15, 0.2) is 48.9 Å². The number of nitrogens with zero attached hydrogens (tertiary/aromatic N) is 4. The molecule has 6 nitrogen and oxygen atoms in total. The Morgan fingerprint density at radius 2 is 1.87 bits per heavy atom. The summed E-state index contributed by atoms with van der Waals surface area (Å²) < 4.78 is 0. The SMILES string of the molecule is Clc1cccc(Nc2nncc(NCc3ccncc3)n2)c1Cl. The van der Waals surface area contributed by atoms with Gasteiger partial charge in [0.2, 0.25) is 5.95 Å². The van der Waals surface area contributed by atoms with E-state index in [-0.39, 0.29) is 0 Å². The summed E-state index contributed by atoms with van der Waals surface area (Å²) in [6.07, 6.45) is 5.03. The van der Waals surface area contributed by atoms with E-state index in [9.17, 15) is 0 Å². The maximum absolute atomic E-state index is 6.13. The lowest BCUT2D eigenvalue weighted by molar-refractivity contribution is 0.965. The largest absolute Gasteiger partial charge is 0.365 e. The van der Waals surface area contributed by atoms with Crippen LogP contribution in [0.25, 0.3) is 0 Å². The molecule has 0 amide bonds. The zero-order valence-electron chi connectivity index (χ0n) is 11.9. The molecule has 8 heteroatoms. The van der Waals surface area contributed by atoms with Crippen molar-refractivity contribution < 1.29 is 0 Å². The Kier molecular flexibility index (Phi) is 4.85. The number of nitrogens with one attached hydrogen (secondary N) is 2. The predicted octanol–water partition coefficient (Wildman–Crippen LogP) is 3.93. The van der Waals surface area contributed by atoms with Crippen LogP contribution in [-0.4, -0.2) is 20.2 Å². The summed E-state index contributed by atoms with van der Waals surface area (Å²) >= 11 is 12.1. The summed E-state index contributed by atoms with van der Waals surface area (Å²) in [7, 11) is 0. The zero-order chi connectivity index (χ0) is 16.1. The summed E-state index contributed by atoms with van der Waals surface area (Å²) in [5, 5.41) is 14.9. The minimum Gasteiger partial charge on any atom is -0.365 e. The minimum atomic E-state index is 0.328. The predicted molar refractivity (Wildman–Crippen MR) is 91.1 cm³/mol. The molecule has 2 aromatic heterocycles. The fourth-order valence-corrected chi connectivity index (χ4v) is 2.20. The van der Waals surface area contributed by atoms with Gasteiger partial charge in [-0.25, -0.2) is 0 Å². The van der Waals surface area contributed by atoms with Crippen LogP contribution in [0.5, 0.6) is 0 Å². The van der Waals surface area contributed by atoms with Crippen molar-refractivity contribution in [2.45, 2.75) is 6.54 Å². The highest BCUT2D eigenvalue weighted by Gasteiger charge is 2.07. The van der Waals surface area contributed by atoms with Crippen LogP contribution in [0.1, 0.15) is 5.56 Å². The molecular weight excluding hydrogens is 335 g/mol. The van der Waals surface area contributed by atoms with Gasteiger partial charge in [-0.05, 0) is 29.8 Å². The highest BCUT2D eigenvalue weighted by molar-refractivity contribution is 6.43. The summed E-state index contributed by atoms with van der Waals surface area (Å²) in [5.41, 5.74) is 1.71. The molecule has 2 N–H and O–H groups in total. The van der Waals surface area contributed by atoms with Gasteiger partial charge >= 0.3 is 0 Å². The van der Waals surface area contributed by atoms with Crippen molar-refractivity contribution in [2.75, 3.05) is 10.6 Å². The van der Waals surface area contributed by atoms with Crippen LogP contribution in [0.2, 0.25) is 10.0 Å². The minimum absolute atomic E-state index is 0.328. The molecule has 0 aliphatic carbocycles. The van der Waals surface area contributed by atoms with Gasteiger partial charge in [-0.15, -0.1) is 5.10 Å². The average molecular weight is 347 g/mol. The Balaban J connectivity index is 1.71. The number of rotatable bonds is 5. The topological polar surface area (TPSA) is 75.6 Å². The smallest absolute Gasteiger partial charge is 0.249 e. The van der Waals surface area contributed by atoms with E-state index in [1.54, 1.807) is 36.8 Å². The first-order valence-corrected chi connectivity index (χ1v) is 7.51. The number of benzene rings is 1. The number of anilines is 3. The first kappa shape index (κ1) is 15.5. The standard InChI is InChI=1S/C15H12Cl2N6/c16-11-2-1-3-12(14(11)17)21-15-22-13(9-20-23-15)19-8-10-4-6-18-7-5-10/h1-7,9H,8H2,(H2,19,21,22,23). The molecule has 0 saturated heterocycles. The van der Waals surface area contributed by atoms with Gasteiger partial charge in [-0.1, -0.05) is 29.3 Å².